The lowest BCUT2D eigenvalue weighted by Crippen LogP contribution is -2.57. The Labute approximate surface area is 873 Å². The molecule has 8 saturated heterocycles. The van der Waals surface area contributed by atoms with Gasteiger partial charge in [0.2, 0.25) is 23.6 Å². The number of anilines is 4. The van der Waals surface area contributed by atoms with E-state index >= 15 is 0 Å². The molecular weight excluding hydrogens is 1920 g/mol. The largest absolute Gasteiger partial charge is 0.507 e. The number of hydrogen-bond acceptors (Lipinski definition) is 34. The minimum Gasteiger partial charge on any atom is -0.507 e. The van der Waals surface area contributed by atoms with Crippen LogP contribution in [0.5, 0.6) is 23.3 Å². The molecule has 0 bridgehead atoms. The zero-order chi connectivity index (χ0) is 103. The number of rotatable bonds is 34. The quantitative estimate of drug-likeness (QED) is 0.0186. The number of phenols is 2. The topological polar surface area (TPSA) is 436 Å². The molecule has 10 fully saturated rings. The monoisotopic (exact) mass is 2070 g/mol. The summed E-state index contributed by atoms with van der Waals surface area (Å²) >= 11 is 3.19. The van der Waals surface area contributed by atoms with Crippen molar-refractivity contribution in [3.05, 3.63) is 166 Å². The fourth-order valence-electron chi connectivity index (χ4n) is 23.9. The molecule has 20 rings (SSSR count). The second kappa shape index (κ2) is 46.2. The third kappa shape index (κ3) is 24.3. The fraction of sp³-hybridized carbons (Fsp3) is 0.564. The van der Waals surface area contributed by atoms with Crippen LogP contribution in [-0.2, 0) is 38.1 Å². The number of benzene rings is 4. The summed E-state index contributed by atoms with van der Waals surface area (Å²) in [5, 5.41) is 73.8. The van der Waals surface area contributed by atoms with E-state index in [2.05, 4.69) is 80.7 Å². The number of thiazole rings is 2. The summed E-state index contributed by atoms with van der Waals surface area (Å²) in [6.07, 6.45) is 11.9. The molecule has 792 valence electrons. The summed E-state index contributed by atoms with van der Waals surface area (Å²) in [6, 6.07) is 35.4. The van der Waals surface area contributed by atoms with Gasteiger partial charge in [0.15, 0.2) is 23.2 Å². The first-order valence-corrected chi connectivity index (χ1v) is 54.8. The maximum absolute atomic E-state index is 14.2. The fourth-order valence-corrected chi connectivity index (χ4v) is 25.5. The molecule has 10 aromatic rings. The number of piperidine rings is 4. The number of carbonyl (C=O) groups excluding carboxylic acids is 4. The third-order valence-electron chi connectivity index (χ3n) is 32.7. The Morgan fingerprint density at radius 2 is 0.851 bits per heavy atom. The zero-order valence-corrected chi connectivity index (χ0v) is 87.9. The van der Waals surface area contributed by atoms with Crippen molar-refractivity contribution in [2.75, 3.05) is 179 Å². The smallest absolute Gasteiger partial charge is 0.254 e. The molecule has 4 amide bonds. The molecule has 0 unspecified atom stereocenters. The number of phenolic OH excluding ortho intramolecular Hbond substituents is 2. The van der Waals surface area contributed by atoms with Crippen molar-refractivity contribution in [3.63, 3.8) is 0 Å². The first kappa shape index (κ1) is 105. The van der Waals surface area contributed by atoms with Crippen molar-refractivity contribution < 1.29 is 77.1 Å². The highest BCUT2D eigenvalue weighted by atomic mass is 32.1. The van der Waals surface area contributed by atoms with E-state index in [4.69, 9.17) is 48.9 Å². The zero-order valence-electron chi connectivity index (χ0n) is 86.3. The van der Waals surface area contributed by atoms with Crippen molar-refractivity contribution >= 4 is 69.3 Å². The van der Waals surface area contributed by atoms with Crippen molar-refractivity contribution in [1.82, 2.24) is 80.7 Å². The van der Waals surface area contributed by atoms with Gasteiger partial charge in [0.05, 0.1) is 129 Å². The van der Waals surface area contributed by atoms with Crippen LogP contribution in [0, 0.1) is 36.5 Å². The van der Waals surface area contributed by atoms with Crippen LogP contribution in [0.15, 0.2) is 141 Å². The molecule has 8 aliphatic heterocycles. The number of ether oxygens (including phenoxy) is 6. The molecular formula is C110H144N20O16S2. The molecule has 148 heavy (non-hydrogen) atoms. The summed E-state index contributed by atoms with van der Waals surface area (Å²) < 4.78 is 49.6. The number of morpholine rings is 2. The van der Waals surface area contributed by atoms with Gasteiger partial charge in [-0.3, -0.25) is 38.8 Å². The lowest BCUT2D eigenvalue weighted by Gasteiger charge is -2.52. The minimum absolute atomic E-state index is 0.0623. The van der Waals surface area contributed by atoms with E-state index in [-0.39, 0.29) is 96.2 Å². The van der Waals surface area contributed by atoms with Crippen LogP contribution < -0.4 is 41.4 Å². The first-order valence-electron chi connectivity index (χ1n) is 53.0. The lowest BCUT2D eigenvalue weighted by molar-refractivity contribution is -0.141. The van der Waals surface area contributed by atoms with Crippen LogP contribution in [0.2, 0.25) is 0 Å². The number of likely N-dealkylation sites (tertiary alicyclic amines) is 4. The average molecular weight is 2070 g/mol. The summed E-state index contributed by atoms with van der Waals surface area (Å²) in [4.78, 5) is 84.3. The average Bonchev–Trinajstić information content (AvgIpc) is 1.28. The van der Waals surface area contributed by atoms with E-state index in [0.29, 0.717) is 107 Å². The van der Waals surface area contributed by atoms with E-state index in [0.717, 1.165) is 250 Å². The van der Waals surface area contributed by atoms with E-state index in [1.54, 1.807) is 59.1 Å². The van der Waals surface area contributed by atoms with Crippen LogP contribution in [0.3, 0.4) is 0 Å². The van der Waals surface area contributed by atoms with Crippen LogP contribution in [0.1, 0.15) is 189 Å². The maximum atomic E-state index is 14.2. The molecule has 14 heterocycles. The molecule has 36 nitrogen and oxygen atoms in total. The summed E-state index contributed by atoms with van der Waals surface area (Å²) in [7, 11) is 0. The van der Waals surface area contributed by atoms with E-state index < -0.39 is 36.1 Å². The summed E-state index contributed by atoms with van der Waals surface area (Å²) in [6.45, 7) is 33.6. The first-order chi connectivity index (χ1) is 71.5. The molecule has 10 aliphatic rings. The van der Waals surface area contributed by atoms with Gasteiger partial charge in [-0.15, -0.1) is 43.1 Å². The van der Waals surface area contributed by atoms with Crippen molar-refractivity contribution in [1.29, 1.82) is 0 Å². The molecule has 4 spiro atoms. The Kier molecular flexibility index (Phi) is 32.8. The van der Waals surface area contributed by atoms with E-state index in [1.807, 2.05) is 151 Å². The van der Waals surface area contributed by atoms with Crippen molar-refractivity contribution in [2.24, 2.45) is 22.7 Å². The van der Waals surface area contributed by atoms with Gasteiger partial charge >= 0.3 is 0 Å². The number of amides is 4. The predicted octanol–water partition coefficient (Wildman–Crippen LogP) is 12.9. The number of nitrogen functional groups attached to an aromatic ring is 2. The van der Waals surface area contributed by atoms with Gasteiger partial charge in [-0.2, -0.15) is 0 Å². The molecule has 0 radical (unpaired) electrons. The van der Waals surface area contributed by atoms with E-state index in [1.165, 1.54) is 9.80 Å². The van der Waals surface area contributed by atoms with Gasteiger partial charge in [-0.05, 0) is 223 Å². The second-order valence-corrected chi connectivity index (χ2v) is 45.1. The highest BCUT2D eigenvalue weighted by Gasteiger charge is 2.51. The van der Waals surface area contributed by atoms with Gasteiger partial charge in [0.25, 0.3) is 11.8 Å². The Morgan fingerprint density at radius 1 is 0.473 bits per heavy atom. The van der Waals surface area contributed by atoms with Gasteiger partial charge in [0.1, 0.15) is 48.6 Å². The number of nitrogens with zero attached hydrogens (tertiary/aromatic N) is 16. The number of hydrogen-bond donors (Lipinski definition) is 8. The normalized spacial score (nSPS) is 22.0. The molecule has 8 atom stereocenters. The highest BCUT2D eigenvalue weighted by molar-refractivity contribution is 7.13. The number of nitrogens with two attached hydrogens (primary N) is 2. The van der Waals surface area contributed by atoms with Gasteiger partial charge in [-0.1, -0.05) is 100 Å². The van der Waals surface area contributed by atoms with Gasteiger partial charge in [0, 0.05) is 128 Å². The van der Waals surface area contributed by atoms with Gasteiger partial charge < -0.3 is 99.6 Å². The highest BCUT2D eigenvalue weighted by Crippen LogP contribution is 2.53. The van der Waals surface area contributed by atoms with Crippen LogP contribution in [-0.4, -0.2) is 319 Å². The number of aromatic hydroxyl groups is 2. The van der Waals surface area contributed by atoms with Gasteiger partial charge in [-0.25, -0.2) is 9.97 Å². The van der Waals surface area contributed by atoms with Crippen molar-refractivity contribution in [2.45, 2.75) is 217 Å². The van der Waals surface area contributed by atoms with Crippen molar-refractivity contribution in [3.8, 4) is 66.7 Å². The van der Waals surface area contributed by atoms with E-state index in [9.17, 15) is 39.6 Å². The number of aromatic nitrogens is 8. The Bertz CT molecular complexity index is 5790. The SMILES string of the molecule is Cc1ncsc1-c1ccc([C@H](C)NC(=O)[C@@H]2C[C@@H](O)CN2C(=O)[C@@H](c2cc(OCCN3CCC4(CC3)CC(OCCN3CCOC5(CCN(c6cc(-c7ccccc7O)nnc6N)CC5)C3)C4)no2)C(C)C)cc1.Cc1ncsc1-c1ccc([C@H](C)NC(=O)[C@@H]2C[C@@H](O)CN2C(=O)[C@H](c2cc(OCCN3CCC4(CC3)CC(OCCN3CCOC5(CCN(c6cc(-c7ccccc7O)nnc6N)CC5)C3)C4)no2)C(C)C)cc1. The molecule has 2 aliphatic carbocycles. The minimum atomic E-state index is -0.820. The standard InChI is InChI=1S/2C55H72N10O8S/c2*1-35(2)49(53(69)65-32-40(66)27-45(65)52(68)58-36(3)38-9-11-39(12-10-38)50-37(4)57-34-74-50)47-29-48(61-73-47)71-25-21-62-17-13-54(14-18-62)30-41(31-54)70-24-22-63-23-26-72-55(33-63)15-19-64(20-16-55)44-28-43(59-60-51(44)56)42-7-5-6-8-46(42)67/h2*5-12,28-29,34-36,40-41,45,49,66-67H,13-27,30-33H2,1-4H3,(H2,56,60)(H,58,68)/t36-,40+,45-,49+;36-,40+,45-,49-/m00/s1. The Hall–Kier alpha value is -11.4. The second-order valence-electron chi connectivity index (χ2n) is 43.4. The Morgan fingerprint density at radius 3 is 1.22 bits per heavy atom. The molecule has 6 aromatic heterocycles. The van der Waals surface area contributed by atoms with Crippen LogP contribution >= 0.6 is 22.7 Å². The number of nitrogens with one attached hydrogen (secondary N) is 2. The maximum Gasteiger partial charge on any atom is 0.254 e. The number of β-amino-alcohol motifs (C(OH)–C–C–N with tert-alkyl or cyclic N) is 2. The predicted molar refractivity (Wildman–Crippen MR) is 563 cm³/mol. The molecule has 10 N–H and O–H groups in total. The number of carbonyl (C=O) groups is 4. The number of aliphatic hydroxyl groups is 2. The number of aliphatic hydroxyl groups excluding tert-OH is 2. The Balaban J connectivity index is 0.000000186. The molecule has 38 heteroatoms. The third-order valence-corrected chi connectivity index (χ3v) is 34.7. The summed E-state index contributed by atoms with van der Waals surface area (Å²) in [5.41, 5.74) is 26.7. The van der Waals surface area contributed by atoms with Crippen LogP contribution in [0.25, 0.3) is 43.4 Å². The number of aryl methyl sites for hydroxylation is 2. The number of para-hydroxylation sites is 2. The lowest BCUT2D eigenvalue weighted by atomic mass is 9.61. The van der Waals surface area contributed by atoms with Crippen LogP contribution in [0.4, 0.5) is 23.0 Å². The molecule has 2 saturated carbocycles. The molecule has 4 aromatic carbocycles. The summed E-state index contributed by atoms with van der Waals surface area (Å²) in [5.74, 6) is -0.403.